The second-order valence-electron chi connectivity index (χ2n) is 2.53. The van der Waals surface area contributed by atoms with Crippen molar-refractivity contribution in [1.29, 1.82) is 0 Å². The highest BCUT2D eigenvalue weighted by molar-refractivity contribution is 9.09. The van der Waals surface area contributed by atoms with Gasteiger partial charge in [-0.3, -0.25) is 4.68 Å². The van der Waals surface area contributed by atoms with Crippen LogP contribution in [0.3, 0.4) is 0 Å². The highest BCUT2D eigenvalue weighted by Gasteiger charge is 1.96. The molecule has 0 fully saturated rings. The van der Waals surface area contributed by atoms with E-state index in [2.05, 4.69) is 26.2 Å². The lowest BCUT2D eigenvalue weighted by molar-refractivity contribution is 0.711. The van der Waals surface area contributed by atoms with Gasteiger partial charge in [0.05, 0.1) is 5.69 Å². The van der Waals surface area contributed by atoms with E-state index < -0.39 is 0 Å². The molecule has 0 saturated carbocycles. The van der Waals surface area contributed by atoms with Crippen LogP contribution in [0.25, 0.3) is 0 Å². The average Bonchev–Trinajstić information content (AvgIpc) is 2.37. The molecule has 0 unspecified atom stereocenters. The van der Waals surface area contributed by atoms with Gasteiger partial charge in [0.25, 0.3) is 0 Å². The number of rotatable bonds is 4. The zero-order chi connectivity index (χ0) is 8.10. The van der Waals surface area contributed by atoms with Gasteiger partial charge in [0.1, 0.15) is 0 Å². The Bertz CT molecular complexity index is 209. The van der Waals surface area contributed by atoms with Crippen molar-refractivity contribution in [2.45, 2.75) is 19.3 Å². The Morgan fingerprint density at radius 2 is 2.36 bits per heavy atom. The van der Waals surface area contributed by atoms with Crippen LogP contribution in [0.1, 0.15) is 18.5 Å². The number of aromatic nitrogens is 3. The van der Waals surface area contributed by atoms with E-state index in [0.717, 1.165) is 17.4 Å². The first-order valence-electron chi connectivity index (χ1n) is 3.74. The lowest BCUT2D eigenvalue weighted by atomic mass is 10.2. The summed E-state index contributed by atoms with van der Waals surface area (Å²) in [6.07, 6.45) is 5.40. The summed E-state index contributed by atoms with van der Waals surface area (Å²) in [5, 5.41) is 8.91. The fraction of sp³-hybridized carbons (Fsp3) is 0.714. The monoisotopic (exact) mass is 217 g/mol. The first-order chi connectivity index (χ1) is 5.33. The molecule has 0 amide bonds. The molecule has 0 radical (unpaired) electrons. The van der Waals surface area contributed by atoms with Crippen LogP contribution in [0.4, 0.5) is 0 Å². The van der Waals surface area contributed by atoms with Crippen molar-refractivity contribution in [3.05, 3.63) is 11.9 Å². The highest BCUT2D eigenvalue weighted by atomic mass is 79.9. The van der Waals surface area contributed by atoms with Crippen LogP contribution in [-0.2, 0) is 13.5 Å². The van der Waals surface area contributed by atoms with Crippen molar-refractivity contribution < 1.29 is 0 Å². The normalized spacial score (nSPS) is 10.4. The third-order valence-corrected chi connectivity index (χ3v) is 2.03. The van der Waals surface area contributed by atoms with Crippen LogP contribution in [0, 0.1) is 0 Å². The Morgan fingerprint density at radius 3 is 2.91 bits per heavy atom. The van der Waals surface area contributed by atoms with Crippen molar-refractivity contribution >= 4 is 15.9 Å². The molecule has 0 saturated heterocycles. The van der Waals surface area contributed by atoms with Crippen LogP contribution < -0.4 is 0 Å². The molecule has 0 aliphatic rings. The standard InChI is InChI=1S/C7H12BrN3/c1-11-6-7(9-10-11)4-2-3-5-8/h6H,2-5H2,1H3. The van der Waals surface area contributed by atoms with Crippen LogP contribution >= 0.6 is 15.9 Å². The molecule has 62 valence electrons. The largest absolute Gasteiger partial charge is 0.255 e. The predicted octanol–water partition coefficient (Wildman–Crippen LogP) is 1.53. The summed E-state index contributed by atoms with van der Waals surface area (Å²) in [6, 6.07) is 0. The number of unbranched alkanes of at least 4 members (excludes halogenated alkanes) is 1. The van der Waals surface area contributed by atoms with E-state index in [1.54, 1.807) is 4.68 Å². The van der Waals surface area contributed by atoms with Crippen molar-refractivity contribution in [3.63, 3.8) is 0 Å². The van der Waals surface area contributed by atoms with Crippen LogP contribution in [-0.4, -0.2) is 20.3 Å². The summed E-state index contributed by atoms with van der Waals surface area (Å²) in [5.41, 5.74) is 1.09. The second-order valence-corrected chi connectivity index (χ2v) is 3.32. The van der Waals surface area contributed by atoms with Gasteiger partial charge in [-0.2, -0.15) is 0 Å². The van der Waals surface area contributed by atoms with E-state index >= 15 is 0 Å². The maximum absolute atomic E-state index is 3.99. The number of halogens is 1. The molecule has 0 spiro atoms. The first kappa shape index (κ1) is 8.71. The fourth-order valence-corrected chi connectivity index (χ4v) is 1.31. The minimum atomic E-state index is 1.04. The maximum Gasteiger partial charge on any atom is 0.0827 e. The molecule has 0 aromatic carbocycles. The number of hydrogen-bond acceptors (Lipinski definition) is 2. The van der Waals surface area contributed by atoms with Crippen LogP contribution in [0.15, 0.2) is 6.20 Å². The fourth-order valence-electron chi connectivity index (χ4n) is 0.910. The van der Waals surface area contributed by atoms with E-state index in [4.69, 9.17) is 0 Å². The van der Waals surface area contributed by atoms with Gasteiger partial charge in [0, 0.05) is 18.6 Å². The molecule has 11 heavy (non-hydrogen) atoms. The van der Waals surface area contributed by atoms with E-state index in [9.17, 15) is 0 Å². The number of alkyl halides is 1. The summed E-state index contributed by atoms with van der Waals surface area (Å²) in [6.45, 7) is 0. The second kappa shape index (κ2) is 4.49. The number of aryl methyl sites for hydroxylation is 2. The number of nitrogens with zero attached hydrogens (tertiary/aromatic N) is 3. The Labute approximate surface area is 74.9 Å². The quantitative estimate of drug-likeness (QED) is 0.566. The molecule has 1 heterocycles. The molecule has 0 aliphatic heterocycles. The van der Waals surface area contributed by atoms with Gasteiger partial charge in [-0.05, 0) is 19.3 Å². The third-order valence-electron chi connectivity index (χ3n) is 1.47. The Hall–Kier alpha value is -0.380. The minimum Gasteiger partial charge on any atom is -0.255 e. The molecule has 0 bridgehead atoms. The molecule has 0 aliphatic carbocycles. The Balaban J connectivity index is 2.27. The smallest absolute Gasteiger partial charge is 0.0827 e. The first-order valence-corrected chi connectivity index (χ1v) is 4.86. The zero-order valence-corrected chi connectivity index (χ0v) is 8.21. The summed E-state index contributed by atoms with van der Waals surface area (Å²) in [7, 11) is 1.89. The summed E-state index contributed by atoms with van der Waals surface area (Å²) >= 11 is 3.39. The molecule has 1 aromatic heterocycles. The Kier molecular flexibility index (Phi) is 3.56. The van der Waals surface area contributed by atoms with Crippen molar-refractivity contribution in [2.75, 3.05) is 5.33 Å². The molecule has 3 nitrogen and oxygen atoms in total. The van der Waals surface area contributed by atoms with Gasteiger partial charge in [-0.1, -0.05) is 21.1 Å². The van der Waals surface area contributed by atoms with E-state index in [1.165, 1.54) is 12.8 Å². The lowest BCUT2D eigenvalue weighted by Crippen LogP contribution is -1.85. The lowest BCUT2D eigenvalue weighted by Gasteiger charge is -1.91. The van der Waals surface area contributed by atoms with Crippen molar-refractivity contribution in [1.82, 2.24) is 15.0 Å². The van der Waals surface area contributed by atoms with Crippen LogP contribution in [0.2, 0.25) is 0 Å². The number of hydrogen-bond donors (Lipinski definition) is 0. The van der Waals surface area contributed by atoms with Crippen LogP contribution in [0.5, 0.6) is 0 Å². The van der Waals surface area contributed by atoms with Crippen molar-refractivity contribution in [3.8, 4) is 0 Å². The van der Waals surface area contributed by atoms with E-state index in [1.807, 2.05) is 13.2 Å². The molecule has 1 aromatic rings. The van der Waals surface area contributed by atoms with E-state index in [0.29, 0.717) is 0 Å². The van der Waals surface area contributed by atoms with Gasteiger partial charge in [0.15, 0.2) is 0 Å². The molecule has 4 heteroatoms. The van der Waals surface area contributed by atoms with Gasteiger partial charge in [-0.15, -0.1) is 5.10 Å². The van der Waals surface area contributed by atoms with Gasteiger partial charge in [0.2, 0.25) is 0 Å². The molecule has 1 rings (SSSR count). The summed E-state index contributed by atoms with van der Waals surface area (Å²) < 4.78 is 1.74. The summed E-state index contributed by atoms with van der Waals surface area (Å²) in [5.74, 6) is 0. The van der Waals surface area contributed by atoms with Gasteiger partial charge >= 0.3 is 0 Å². The van der Waals surface area contributed by atoms with Gasteiger partial charge in [-0.25, -0.2) is 0 Å². The topological polar surface area (TPSA) is 30.7 Å². The third kappa shape index (κ3) is 3.01. The highest BCUT2D eigenvalue weighted by Crippen LogP contribution is 2.01. The molecular formula is C7H12BrN3. The Morgan fingerprint density at radius 1 is 1.55 bits per heavy atom. The zero-order valence-electron chi connectivity index (χ0n) is 6.63. The maximum atomic E-state index is 3.99. The minimum absolute atomic E-state index is 1.04. The SMILES string of the molecule is Cn1cc(CCCCBr)nn1. The predicted molar refractivity (Wildman–Crippen MR) is 47.7 cm³/mol. The molecular weight excluding hydrogens is 206 g/mol. The molecule has 0 N–H and O–H groups in total. The summed E-state index contributed by atoms with van der Waals surface area (Å²) in [4.78, 5) is 0. The average molecular weight is 218 g/mol. The van der Waals surface area contributed by atoms with E-state index in [-0.39, 0.29) is 0 Å². The molecule has 0 atom stereocenters. The van der Waals surface area contributed by atoms with Gasteiger partial charge < -0.3 is 0 Å². The van der Waals surface area contributed by atoms with Crippen molar-refractivity contribution in [2.24, 2.45) is 7.05 Å².